The Labute approximate surface area is 871 Å². The Morgan fingerprint density at radius 2 is 1.18 bits per heavy atom. The number of aliphatic hydroxyl groups excluding tert-OH is 1. The van der Waals surface area contributed by atoms with Crippen molar-refractivity contribution in [1.82, 2.24) is 89.6 Å². The number of carboxylic acid groups (broad SMARTS) is 3. The maximum Gasteiger partial charge on any atom is 0.409 e. The van der Waals surface area contributed by atoms with E-state index in [1.54, 1.807) is 82.5 Å². The lowest BCUT2D eigenvalue weighted by Crippen LogP contribution is -2.67. The molecule has 0 saturated carbocycles. The Balaban J connectivity index is 0.980. The number of aromatic carboxylic acids is 1. The second-order valence-electron chi connectivity index (χ2n) is 39.9. The first-order valence-corrected chi connectivity index (χ1v) is 51.7. The summed E-state index contributed by atoms with van der Waals surface area (Å²) in [5.41, 5.74) is 1.01. The number of carbonyl (C=O) groups excluding carboxylic acids is 16. The average molecular weight is 2140 g/mol. The third-order valence-electron chi connectivity index (χ3n) is 26.5. The molecule has 2 fully saturated rings. The average Bonchev–Trinajstić information content (AvgIpc) is 1.61. The zero-order valence-electron chi connectivity index (χ0n) is 84.9. The number of thiophene rings is 1. The molecule has 804 valence electrons. The van der Waals surface area contributed by atoms with Crippen molar-refractivity contribution in [1.29, 1.82) is 0 Å². The highest BCUT2D eigenvalue weighted by Crippen LogP contribution is 2.36. The monoisotopic (exact) mass is 2140 g/mol. The van der Waals surface area contributed by atoms with E-state index in [0.29, 0.717) is 24.8 Å². The molecule has 4 aliphatic heterocycles. The number of nitrogens with one attached hydrogen (secondary N) is 15. The highest BCUT2D eigenvalue weighted by Gasteiger charge is 2.51. The number of fused-ring (bicyclic) bond motifs is 3. The summed E-state index contributed by atoms with van der Waals surface area (Å²) in [6.07, 6.45) is 2.45. The van der Waals surface area contributed by atoms with E-state index in [1.807, 2.05) is 53.9 Å². The molecule has 2 saturated heterocycles. The number of amides is 16. The molecular weight excluding hydrogens is 2000 g/mol. The topological polar surface area (TPSA) is 627 Å². The van der Waals surface area contributed by atoms with Gasteiger partial charge in [0.1, 0.15) is 71.7 Å². The van der Waals surface area contributed by atoms with Gasteiger partial charge in [-0.3, -0.25) is 86.8 Å². The summed E-state index contributed by atoms with van der Waals surface area (Å²) in [4.78, 5) is 273. The Kier molecular flexibility index (Phi) is 44.6. The largest absolute Gasteiger partial charge is 0.481 e. The van der Waals surface area contributed by atoms with Crippen molar-refractivity contribution in [2.24, 2.45) is 11.1 Å². The van der Waals surface area contributed by atoms with Crippen molar-refractivity contribution in [3.8, 4) is 0 Å². The summed E-state index contributed by atoms with van der Waals surface area (Å²) in [6, 6.07) is 11.4. The Bertz CT molecular complexity index is 5640. The third kappa shape index (κ3) is 35.6. The van der Waals surface area contributed by atoms with Gasteiger partial charge in [0.05, 0.1) is 42.6 Å². The van der Waals surface area contributed by atoms with Crippen molar-refractivity contribution in [3.63, 3.8) is 0 Å². The number of hydrogen-bond donors (Lipinski definition) is 20. The second kappa shape index (κ2) is 56.0. The van der Waals surface area contributed by atoms with Crippen LogP contribution in [0.4, 0.5) is 4.79 Å². The number of aliphatic hydroxyl groups is 1. The number of benzene rings is 4. The van der Waals surface area contributed by atoms with E-state index in [9.17, 15) is 92.3 Å². The highest BCUT2D eigenvalue weighted by molar-refractivity contribution is 9.10. The third-order valence-corrected chi connectivity index (χ3v) is 28.3. The van der Waals surface area contributed by atoms with Crippen molar-refractivity contribution >= 4 is 150 Å². The number of primary amides is 1. The molecule has 4 aliphatic rings. The first kappa shape index (κ1) is 118. The number of unbranched alkanes of at least 4 members (excludes halogenated alkanes) is 1. The van der Waals surface area contributed by atoms with Crippen molar-refractivity contribution in [3.05, 3.63) is 165 Å². The lowest BCUT2D eigenvalue weighted by Gasteiger charge is -2.41. The Morgan fingerprint density at radius 3 is 1.84 bits per heavy atom. The molecule has 2 bridgehead atoms. The number of halogens is 1. The van der Waals surface area contributed by atoms with Crippen LogP contribution < -0.4 is 85.5 Å². The van der Waals surface area contributed by atoms with Gasteiger partial charge in [-0.15, -0.1) is 11.3 Å². The summed E-state index contributed by atoms with van der Waals surface area (Å²) < 4.78 is 7.41. The Hall–Kier alpha value is -13.6. The van der Waals surface area contributed by atoms with Gasteiger partial charge in [-0.1, -0.05) is 140 Å². The van der Waals surface area contributed by atoms with Crippen LogP contribution in [0.15, 0.2) is 137 Å². The van der Waals surface area contributed by atoms with Gasteiger partial charge < -0.3 is 115 Å². The smallest absolute Gasteiger partial charge is 0.409 e. The minimum absolute atomic E-state index is 0.0146. The number of carbonyl (C=O) groups is 19. The molecule has 148 heavy (non-hydrogen) atoms. The number of likely N-dealkylation sites (tertiary alicyclic amines) is 1. The predicted octanol–water partition coefficient (Wildman–Crippen LogP) is 3.95. The van der Waals surface area contributed by atoms with E-state index >= 15 is 19.2 Å². The van der Waals surface area contributed by atoms with Gasteiger partial charge in [0.15, 0.2) is 0 Å². The van der Waals surface area contributed by atoms with Crippen LogP contribution in [0.5, 0.6) is 0 Å². The number of aliphatic carboxylic acids is 2. The normalized spacial score (nSPS) is 24.2. The summed E-state index contributed by atoms with van der Waals surface area (Å²) in [5, 5.41) is 87.6. The Morgan fingerprint density at radius 1 is 0.601 bits per heavy atom. The van der Waals surface area contributed by atoms with Crippen LogP contribution in [0.2, 0.25) is 0 Å². The van der Waals surface area contributed by atoms with E-state index in [4.69, 9.17) is 10.5 Å². The maximum atomic E-state index is 16.0. The molecule has 16 amide bonds. The standard InChI is InChI=1S/C104H141BrN18O24S/c1-61(85(106)130)109-87(132)73(113-91(136)77(55-68-60-148-81-39-22-20-36-70(68)81)116-89(134)74(107-9)54-66-34-19-21-37-71(66)105)40-41-82(125)108-47-27-23-38-72-88(133)111-69-42-49-122(59-69)100(146)147-50-28-15-11-10-12-24-43-103(44-25-13-14-26-45-104(46-30-48-123(104)63(3)124)99(145)119-79(57-84(128)129)93(138)117-80(95(140)121-103)58-101(4,5)6)98(144)118-78(56-83(126)127)92(137)115-76(53-65-33-29-35-67(51-65)96(141)142)94(139)120-102(7,8)97(143)110-62(2)86(131)114-75(90(135)112-72)52-64-31-17-16-18-32-64/h10-11,14,16-22,26,29,31-37,39,51,60-62,69,72-80,95,107,121,140H,12-13,15,23-25,27-28,30,38,40-50,52-59H2,1-9H3,(H2,106,130)(H,108,125)(H,109,132)(H,110,143)(H,111,133)(H,112,135)(H,113,136)(H,114,131)(H,115,137)(H,116,134)(H,117,138)(H,118,144)(H,119,145)(H,120,139)(H,126,127)(H,128,129)(H,141,142)/b11-10+,26-14-/t61-,62-,69-,72-,73-,74-,75-,76-,77-,78-,79-,80-,95?,103-,104-/m0/s1. The number of nitrogens with two attached hydrogens (primary N) is 1. The first-order valence-electron chi connectivity index (χ1n) is 50.0. The zero-order chi connectivity index (χ0) is 108. The molecule has 5 heterocycles. The molecule has 5 aromatic rings. The molecule has 44 heteroatoms. The number of allylic oxidation sites excluding steroid dienone is 3. The molecule has 4 aromatic carbocycles. The minimum atomic E-state index is -2.10. The first-order chi connectivity index (χ1) is 70.2. The molecule has 9 rings (SSSR count). The van der Waals surface area contributed by atoms with Crippen molar-refractivity contribution in [2.75, 3.05) is 39.8 Å². The second-order valence-corrected chi connectivity index (χ2v) is 41.6. The van der Waals surface area contributed by atoms with Crippen LogP contribution >= 0.6 is 27.3 Å². The van der Waals surface area contributed by atoms with Crippen LogP contribution in [-0.4, -0.2) is 278 Å². The van der Waals surface area contributed by atoms with Gasteiger partial charge in [-0.2, -0.15) is 0 Å². The summed E-state index contributed by atoms with van der Waals surface area (Å²) in [6.45, 7) is 11.8. The van der Waals surface area contributed by atoms with Crippen molar-refractivity contribution in [2.45, 2.75) is 305 Å². The molecule has 0 aliphatic carbocycles. The van der Waals surface area contributed by atoms with Gasteiger partial charge in [-0.25, -0.2) is 9.59 Å². The van der Waals surface area contributed by atoms with Gasteiger partial charge in [-0.05, 0) is 213 Å². The number of likely N-dealkylation sites (N-methyl/N-ethyl adjacent to an activating group) is 1. The number of carboxylic acids is 3. The quantitative estimate of drug-likeness (QED) is 0.0229. The summed E-state index contributed by atoms with van der Waals surface area (Å²) in [7, 11) is 1.61. The molecule has 1 aromatic heterocycles. The lowest BCUT2D eigenvalue weighted by molar-refractivity contribution is -0.146. The fourth-order valence-electron chi connectivity index (χ4n) is 18.3. The van der Waals surface area contributed by atoms with Crippen LogP contribution in [0.25, 0.3) is 10.1 Å². The minimum Gasteiger partial charge on any atom is -0.481 e. The van der Waals surface area contributed by atoms with Crippen LogP contribution in [0, 0.1) is 5.41 Å². The van der Waals surface area contributed by atoms with Gasteiger partial charge in [0.25, 0.3) is 0 Å². The van der Waals surface area contributed by atoms with Gasteiger partial charge in [0.2, 0.25) is 88.6 Å². The van der Waals surface area contributed by atoms with E-state index < -0.39 is 233 Å². The highest BCUT2D eigenvalue weighted by atomic mass is 79.9. The molecule has 42 nitrogen and oxygen atoms in total. The van der Waals surface area contributed by atoms with Gasteiger partial charge in [0, 0.05) is 74.0 Å². The van der Waals surface area contributed by atoms with Gasteiger partial charge >= 0.3 is 24.0 Å². The van der Waals surface area contributed by atoms with E-state index in [0.717, 1.165) is 25.7 Å². The fraction of sp³-hybridized carbons (Fsp3) is 0.529. The van der Waals surface area contributed by atoms with Crippen LogP contribution in [-0.2, 0) is 112 Å². The predicted molar refractivity (Wildman–Crippen MR) is 551 cm³/mol. The van der Waals surface area contributed by atoms with E-state index in [2.05, 4.69) is 95.7 Å². The molecule has 21 N–H and O–H groups in total. The number of ether oxygens (including phenoxy) is 1. The van der Waals surface area contributed by atoms with Crippen LogP contribution in [0.3, 0.4) is 0 Å². The number of rotatable bonds is 30. The van der Waals surface area contributed by atoms with E-state index in [-0.39, 0.29) is 159 Å². The molecular formula is C104H141BrN18O24S. The molecule has 2 spiro atoms. The molecule has 1 unspecified atom stereocenters. The van der Waals surface area contributed by atoms with Crippen LogP contribution in [0.1, 0.15) is 216 Å². The molecule has 15 atom stereocenters. The number of cyclic esters (lactones) is 1. The van der Waals surface area contributed by atoms with Crippen molar-refractivity contribution < 1.29 is 116 Å². The molecule has 0 radical (unpaired) electrons. The maximum absolute atomic E-state index is 16.0. The number of hydrogen-bond acceptors (Lipinski definition) is 24. The number of nitrogens with zero attached hydrogens (tertiary/aromatic N) is 2. The van der Waals surface area contributed by atoms with E-state index in [1.165, 1.54) is 80.0 Å². The SMILES string of the molecule is CN[C@@H](Cc1ccccc1Br)C(=O)N[C@@H](Cc1csc2ccccc12)C(=O)N[C@@H](CCC(=O)NCCCC[C@@H]1NC(=O)[C@H](Cc2ccccc2)NC(=O)[C@H](C)NC(=O)C(C)(C)NC(=O)[C@H](Cc2cccc(C(=O)O)c2)NC(=O)[C@H](CC(=O)O)NC(=O)[C@@]2(CCC/C=C\C[C@]3(CCCN3C(C)=O)C(=O)N[C@@H](CC(=O)O)C(=O)N[C@@H](CC(C)(C)C)C(O)N2)CCC/C=C/CCCOC(=O)N2CC[C@@H](C2)NC1=O)C(=O)N[C@@H](C)C(N)=O. The fourth-order valence-corrected chi connectivity index (χ4v) is 19.7. The lowest BCUT2D eigenvalue weighted by atomic mass is 9.83. The zero-order valence-corrected chi connectivity index (χ0v) is 87.3. The summed E-state index contributed by atoms with van der Waals surface area (Å²) >= 11 is 4.99. The summed E-state index contributed by atoms with van der Waals surface area (Å²) in [5.74, 6) is -17.6.